The van der Waals surface area contributed by atoms with Gasteiger partial charge in [0, 0.05) is 70.2 Å². The Morgan fingerprint density at radius 1 is 0.655 bits per heavy atom. The highest BCUT2D eigenvalue weighted by molar-refractivity contribution is 6.12. The number of nitriles is 2. The standard InChI is InChI=1S/C19H17F2N5O3.C17H15F2N5O2/c1-11(27)26(12(2)28)19-23-17(9-18(24-19)25-3-5-29-6-4-25)13-7-15(20)14(10-22)16(21)8-13;1-10(25)21-17-22-15(8-16(23-17)24-2-4-26-5-3-24)11-6-13(18)12(9-20)14(19)7-11/h7-9H,3-6H2,1-2H3;6-8H,2-5H2,1H3,(H,21,22,23,25). The van der Waals surface area contributed by atoms with Crippen LogP contribution in [-0.2, 0) is 23.9 Å². The number of morpholine rings is 2. The molecule has 2 aliphatic rings. The monoisotopic (exact) mass is 760 g/mol. The molecule has 4 aromatic rings. The third-order valence-corrected chi connectivity index (χ3v) is 8.10. The Labute approximate surface area is 311 Å². The molecule has 0 unspecified atom stereocenters. The number of ether oxygens (including phenoxy) is 2. The topological polar surface area (TPSA) is 191 Å². The highest BCUT2D eigenvalue weighted by Gasteiger charge is 2.25. The van der Waals surface area contributed by atoms with Crippen molar-refractivity contribution in [1.82, 2.24) is 19.9 Å². The second-order valence-electron chi connectivity index (χ2n) is 12.0. The van der Waals surface area contributed by atoms with E-state index in [1.54, 1.807) is 6.07 Å². The Hall–Kier alpha value is -6.57. The second kappa shape index (κ2) is 17.5. The van der Waals surface area contributed by atoms with Gasteiger partial charge in [0.25, 0.3) is 0 Å². The summed E-state index contributed by atoms with van der Waals surface area (Å²) in [4.78, 5) is 56.8. The maximum atomic E-state index is 14.1. The zero-order chi connectivity index (χ0) is 39.8. The smallest absolute Gasteiger partial charge is 0.241 e. The van der Waals surface area contributed by atoms with Gasteiger partial charge in [0.2, 0.25) is 29.6 Å². The maximum absolute atomic E-state index is 14.1. The van der Waals surface area contributed by atoms with Crippen molar-refractivity contribution < 1.29 is 41.4 Å². The highest BCUT2D eigenvalue weighted by atomic mass is 19.1. The molecule has 15 nitrogen and oxygen atoms in total. The average Bonchev–Trinajstić information content (AvgIpc) is 3.15. The van der Waals surface area contributed by atoms with Crippen molar-refractivity contribution in [3.63, 3.8) is 0 Å². The largest absolute Gasteiger partial charge is 0.378 e. The van der Waals surface area contributed by atoms with Gasteiger partial charge in [-0.25, -0.2) is 32.4 Å². The molecule has 2 saturated heterocycles. The first-order chi connectivity index (χ1) is 26.3. The Balaban J connectivity index is 0.000000212. The summed E-state index contributed by atoms with van der Waals surface area (Å²) in [7, 11) is 0. The fraction of sp³-hybridized carbons (Fsp3) is 0.306. The van der Waals surface area contributed by atoms with E-state index in [0.717, 1.165) is 29.2 Å². The number of carbonyl (C=O) groups excluding carboxylic acids is 3. The molecule has 0 saturated carbocycles. The lowest BCUT2D eigenvalue weighted by Gasteiger charge is -2.29. The summed E-state index contributed by atoms with van der Waals surface area (Å²) in [6, 6.07) is 10.0. The van der Waals surface area contributed by atoms with Crippen LogP contribution in [0.15, 0.2) is 36.4 Å². The summed E-state index contributed by atoms with van der Waals surface area (Å²) in [5.41, 5.74) is -0.839. The van der Waals surface area contributed by atoms with Crippen LogP contribution in [-0.4, -0.2) is 90.3 Å². The predicted octanol–water partition coefficient (Wildman–Crippen LogP) is 4.12. The zero-order valence-electron chi connectivity index (χ0n) is 29.7. The molecular weight excluding hydrogens is 728 g/mol. The molecule has 2 fully saturated rings. The number of nitrogens with zero attached hydrogens (tertiary/aromatic N) is 9. The van der Waals surface area contributed by atoms with Crippen molar-refractivity contribution in [2.24, 2.45) is 0 Å². The lowest BCUT2D eigenvalue weighted by molar-refractivity contribution is -0.124. The number of imide groups is 1. The fourth-order valence-electron chi connectivity index (χ4n) is 5.53. The quantitative estimate of drug-likeness (QED) is 0.277. The van der Waals surface area contributed by atoms with E-state index in [0.29, 0.717) is 64.2 Å². The highest BCUT2D eigenvalue weighted by Crippen LogP contribution is 2.29. The molecular formula is C36H32F4N10O5. The first-order valence-corrected chi connectivity index (χ1v) is 16.6. The van der Waals surface area contributed by atoms with Gasteiger partial charge in [-0.15, -0.1) is 0 Å². The molecule has 2 aliphatic heterocycles. The number of hydrogen-bond donors (Lipinski definition) is 1. The van der Waals surface area contributed by atoms with E-state index in [2.05, 4.69) is 25.3 Å². The van der Waals surface area contributed by atoms with Crippen molar-refractivity contribution in [2.45, 2.75) is 20.8 Å². The van der Waals surface area contributed by atoms with Crippen LogP contribution in [0.1, 0.15) is 31.9 Å². The van der Waals surface area contributed by atoms with Gasteiger partial charge in [-0.05, 0) is 24.3 Å². The number of hydrogen-bond acceptors (Lipinski definition) is 13. The summed E-state index contributed by atoms with van der Waals surface area (Å²) in [6.07, 6.45) is 0. The Kier molecular flexibility index (Phi) is 12.6. The van der Waals surface area contributed by atoms with Crippen LogP contribution in [0.5, 0.6) is 0 Å². The third kappa shape index (κ3) is 9.51. The number of amides is 3. The van der Waals surface area contributed by atoms with Crippen molar-refractivity contribution in [3.8, 4) is 34.7 Å². The van der Waals surface area contributed by atoms with Gasteiger partial charge < -0.3 is 19.3 Å². The van der Waals surface area contributed by atoms with Gasteiger partial charge in [-0.2, -0.15) is 20.5 Å². The second-order valence-corrected chi connectivity index (χ2v) is 12.0. The molecule has 0 atom stereocenters. The molecule has 2 aromatic heterocycles. The van der Waals surface area contributed by atoms with Crippen LogP contribution >= 0.6 is 0 Å². The van der Waals surface area contributed by atoms with E-state index in [-0.39, 0.29) is 40.3 Å². The van der Waals surface area contributed by atoms with Crippen molar-refractivity contribution in [1.29, 1.82) is 10.5 Å². The fourth-order valence-corrected chi connectivity index (χ4v) is 5.53. The molecule has 3 amide bonds. The van der Waals surface area contributed by atoms with E-state index in [4.69, 9.17) is 20.0 Å². The van der Waals surface area contributed by atoms with Gasteiger partial charge in [0.1, 0.15) is 58.2 Å². The summed E-state index contributed by atoms with van der Waals surface area (Å²) >= 11 is 0. The Morgan fingerprint density at radius 3 is 1.44 bits per heavy atom. The number of halogens is 4. The number of rotatable bonds is 6. The molecule has 0 bridgehead atoms. The van der Waals surface area contributed by atoms with Gasteiger partial charge in [-0.3, -0.25) is 19.7 Å². The molecule has 0 spiro atoms. The molecule has 1 N–H and O–H groups in total. The van der Waals surface area contributed by atoms with E-state index in [1.807, 2.05) is 9.80 Å². The van der Waals surface area contributed by atoms with Crippen LogP contribution in [0.4, 0.5) is 41.1 Å². The van der Waals surface area contributed by atoms with E-state index in [1.165, 1.54) is 39.0 Å². The van der Waals surface area contributed by atoms with Crippen LogP contribution < -0.4 is 20.0 Å². The molecule has 4 heterocycles. The normalized spacial score (nSPS) is 13.8. The first-order valence-electron chi connectivity index (χ1n) is 16.6. The summed E-state index contributed by atoms with van der Waals surface area (Å²) in [6.45, 7) is 7.83. The Bertz CT molecular complexity index is 2160. The molecule has 55 heavy (non-hydrogen) atoms. The Morgan fingerprint density at radius 2 is 1.05 bits per heavy atom. The molecule has 0 radical (unpaired) electrons. The van der Waals surface area contributed by atoms with Gasteiger partial charge in [0.15, 0.2) is 0 Å². The van der Waals surface area contributed by atoms with Crippen LogP contribution in [0.25, 0.3) is 22.5 Å². The number of nitrogens with one attached hydrogen (secondary N) is 1. The minimum atomic E-state index is -1.04. The minimum Gasteiger partial charge on any atom is -0.378 e. The van der Waals surface area contributed by atoms with Gasteiger partial charge in [-0.1, -0.05) is 0 Å². The summed E-state index contributed by atoms with van der Waals surface area (Å²) in [5, 5.41) is 20.1. The lowest BCUT2D eigenvalue weighted by Crippen LogP contribution is -2.38. The number of carbonyl (C=O) groups is 3. The third-order valence-electron chi connectivity index (χ3n) is 8.10. The van der Waals surface area contributed by atoms with Crippen molar-refractivity contribution >= 4 is 41.3 Å². The first kappa shape index (κ1) is 39.6. The molecule has 19 heteroatoms. The minimum absolute atomic E-state index is 0.0293. The number of aromatic nitrogens is 4. The maximum Gasteiger partial charge on any atom is 0.241 e. The van der Waals surface area contributed by atoms with Gasteiger partial charge >= 0.3 is 0 Å². The zero-order valence-corrected chi connectivity index (χ0v) is 29.7. The summed E-state index contributed by atoms with van der Waals surface area (Å²) in [5.74, 6) is -4.87. The molecule has 2 aromatic carbocycles. The van der Waals surface area contributed by atoms with Crippen LogP contribution in [0.2, 0.25) is 0 Å². The van der Waals surface area contributed by atoms with Gasteiger partial charge in [0.05, 0.1) is 37.8 Å². The van der Waals surface area contributed by atoms with E-state index < -0.39 is 46.2 Å². The summed E-state index contributed by atoms with van der Waals surface area (Å²) < 4.78 is 66.8. The van der Waals surface area contributed by atoms with Crippen molar-refractivity contribution in [3.05, 3.63) is 70.8 Å². The van der Waals surface area contributed by atoms with E-state index >= 15 is 0 Å². The molecule has 284 valence electrons. The molecule has 0 aliphatic carbocycles. The van der Waals surface area contributed by atoms with Crippen LogP contribution in [0.3, 0.4) is 0 Å². The van der Waals surface area contributed by atoms with Crippen molar-refractivity contribution in [2.75, 3.05) is 72.6 Å². The average molecular weight is 761 g/mol. The molecule has 6 rings (SSSR count). The van der Waals surface area contributed by atoms with E-state index in [9.17, 15) is 31.9 Å². The number of anilines is 4. The van der Waals surface area contributed by atoms with Crippen LogP contribution in [0, 0.1) is 45.9 Å². The number of benzene rings is 2. The SMILES string of the molecule is CC(=O)N(C(C)=O)c1nc(-c2cc(F)c(C#N)c(F)c2)cc(N2CCOCC2)n1.CC(=O)Nc1nc(-c2cc(F)c(C#N)c(F)c2)cc(N2CCOCC2)n1. The predicted molar refractivity (Wildman–Crippen MR) is 188 cm³/mol. The lowest BCUT2D eigenvalue weighted by atomic mass is 10.1.